The maximum absolute atomic E-state index is 10.4. The number of nitrogens with one attached hydrogen (secondary N) is 3. The van der Waals surface area contributed by atoms with Gasteiger partial charge in [-0.2, -0.15) is 5.10 Å². The zero-order chi connectivity index (χ0) is 20.8. The first kappa shape index (κ1) is 18.1. The Morgan fingerprint density at radius 1 is 1.03 bits per heavy atom. The highest BCUT2D eigenvalue weighted by molar-refractivity contribution is 5.97. The number of aliphatic hydroxyl groups is 1. The van der Waals surface area contributed by atoms with Crippen LogP contribution >= 0.6 is 0 Å². The Kier molecular flexibility index (Phi) is 4.21. The lowest BCUT2D eigenvalue weighted by Crippen LogP contribution is -2.33. The van der Waals surface area contributed by atoms with Crippen molar-refractivity contribution >= 4 is 27.6 Å². The molecule has 4 aromatic heterocycles. The van der Waals surface area contributed by atoms with E-state index in [1.165, 1.54) is 6.42 Å². The molecule has 7 nitrogen and oxygen atoms in total. The summed E-state index contributed by atoms with van der Waals surface area (Å²) < 4.78 is 0. The van der Waals surface area contributed by atoms with E-state index in [0.717, 1.165) is 63.0 Å². The maximum Gasteiger partial charge on any atom is 0.127 e. The van der Waals surface area contributed by atoms with E-state index < -0.39 is 6.23 Å². The molecule has 1 unspecified atom stereocenters. The minimum absolute atomic E-state index is 0.333. The van der Waals surface area contributed by atoms with E-state index >= 15 is 0 Å². The van der Waals surface area contributed by atoms with Gasteiger partial charge in [-0.25, -0.2) is 0 Å². The first-order chi connectivity index (χ1) is 15.2. The number of H-pyrrole nitrogens is 2. The van der Waals surface area contributed by atoms with Crippen molar-refractivity contribution in [2.45, 2.75) is 25.5 Å². The van der Waals surface area contributed by atoms with E-state index in [-0.39, 0.29) is 0 Å². The number of rotatable bonds is 5. The van der Waals surface area contributed by atoms with Crippen molar-refractivity contribution in [1.82, 2.24) is 25.1 Å². The highest BCUT2D eigenvalue weighted by Gasteiger charge is 2.25. The second-order valence-electron chi connectivity index (χ2n) is 8.19. The fraction of sp³-hybridized carbons (Fsp3) is 0.208. The van der Waals surface area contributed by atoms with Crippen molar-refractivity contribution in [3.8, 4) is 22.5 Å². The van der Waals surface area contributed by atoms with E-state index in [1.54, 1.807) is 12.4 Å². The van der Waals surface area contributed by atoms with E-state index in [4.69, 9.17) is 0 Å². The summed E-state index contributed by atoms with van der Waals surface area (Å²) in [6.45, 7) is 0. The van der Waals surface area contributed by atoms with Crippen molar-refractivity contribution in [2.75, 3.05) is 5.32 Å². The Labute approximate surface area is 178 Å². The Bertz CT molecular complexity index is 1350. The molecule has 31 heavy (non-hydrogen) atoms. The van der Waals surface area contributed by atoms with Gasteiger partial charge < -0.3 is 15.4 Å². The molecular formula is C24H22N6O. The molecule has 1 fully saturated rings. The zero-order valence-corrected chi connectivity index (χ0v) is 16.8. The fourth-order valence-electron chi connectivity index (χ4n) is 4.20. The summed E-state index contributed by atoms with van der Waals surface area (Å²) in [5.41, 5.74) is 7.50. The van der Waals surface area contributed by atoms with Crippen molar-refractivity contribution < 1.29 is 5.11 Å². The molecule has 1 aliphatic carbocycles. The van der Waals surface area contributed by atoms with Crippen LogP contribution < -0.4 is 5.32 Å². The van der Waals surface area contributed by atoms with Crippen molar-refractivity contribution in [1.29, 1.82) is 0 Å². The Balaban J connectivity index is 1.36. The average molecular weight is 410 g/mol. The first-order valence-electron chi connectivity index (χ1n) is 10.6. The van der Waals surface area contributed by atoms with Crippen LogP contribution in [0.25, 0.3) is 44.5 Å². The third-order valence-electron chi connectivity index (χ3n) is 6.19. The number of anilines is 1. The molecule has 4 heterocycles. The molecule has 4 N–H and O–H groups in total. The zero-order valence-electron chi connectivity index (χ0n) is 16.8. The van der Waals surface area contributed by atoms with Crippen LogP contribution in [0, 0.1) is 5.92 Å². The van der Waals surface area contributed by atoms with Gasteiger partial charge in [-0.3, -0.25) is 15.1 Å². The van der Waals surface area contributed by atoms with Crippen molar-refractivity contribution in [3.63, 3.8) is 0 Å². The van der Waals surface area contributed by atoms with Crippen LogP contribution in [0.2, 0.25) is 0 Å². The average Bonchev–Trinajstić information content (AvgIpc) is 3.36. The number of pyridine rings is 2. The Morgan fingerprint density at radius 2 is 1.97 bits per heavy atom. The smallest absolute Gasteiger partial charge is 0.127 e. The summed E-state index contributed by atoms with van der Waals surface area (Å²) in [5.74, 6) is 0.333. The summed E-state index contributed by atoms with van der Waals surface area (Å²) in [7, 11) is 0. The Morgan fingerprint density at radius 3 is 2.81 bits per heavy atom. The molecule has 0 radical (unpaired) electrons. The van der Waals surface area contributed by atoms with Crippen LogP contribution in [0.4, 0.5) is 5.69 Å². The van der Waals surface area contributed by atoms with Crippen LogP contribution in [-0.2, 0) is 0 Å². The lowest BCUT2D eigenvalue weighted by molar-refractivity contribution is 0.0851. The molecule has 0 saturated heterocycles. The maximum atomic E-state index is 10.4. The number of aromatic amines is 2. The van der Waals surface area contributed by atoms with Crippen LogP contribution in [-0.4, -0.2) is 36.5 Å². The largest absolute Gasteiger partial charge is 0.374 e. The van der Waals surface area contributed by atoms with Gasteiger partial charge in [0, 0.05) is 29.3 Å². The van der Waals surface area contributed by atoms with Gasteiger partial charge in [-0.15, -0.1) is 0 Å². The van der Waals surface area contributed by atoms with Gasteiger partial charge in [-0.1, -0.05) is 12.5 Å². The number of hydrogen-bond donors (Lipinski definition) is 4. The van der Waals surface area contributed by atoms with E-state index in [0.29, 0.717) is 5.92 Å². The summed E-state index contributed by atoms with van der Waals surface area (Å²) in [4.78, 5) is 12.2. The van der Waals surface area contributed by atoms with E-state index in [9.17, 15) is 5.11 Å². The van der Waals surface area contributed by atoms with Gasteiger partial charge >= 0.3 is 0 Å². The molecule has 0 spiro atoms. The summed E-state index contributed by atoms with van der Waals surface area (Å²) in [6, 6.07) is 14.2. The fourth-order valence-corrected chi connectivity index (χ4v) is 4.20. The highest BCUT2D eigenvalue weighted by atomic mass is 16.3. The molecule has 1 aromatic carbocycles. The number of aliphatic hydroxyl groups excluding tert-OH is 1. The second-order valence-corrected chi connectivity index (χ2v) is 8.19. The number of benzene rings is 1. The van der Waals surface area contributed by atoms with Crippen LogP contribution in [0.15, 0.2) is 61.1 Å². The topological polar surface area (TPSA) is 103 Å². The molecule has 7 heteroatoms. The number of aromatic nitrogens is 5. The summed E-state index contributed by atoms with van der Waals surface area (Å²) in [5, 5.41) is 22.2. The van der Waals surface area contributed by atoms with Crippen molar-refractivity contribution in [2.24, 2.45) is 5.92 Å². The SMILES string of the molecule is OC(Nc1cncc(-c2ccc3[nH]nc(-c4cc5ncccc5[nH]4)c3c2)c1)C1CCC1. The third kappa shape index (κ3) is 3.23. The molecule has 0 bridgehead atoms. The summed E-state index contributed by atoms with van der Waals surface area (Å²) in [6.07, 6.45) is 8.20. The quantitative estimate of drug-likeness (QED) is 0.315. The number of fused-ring (bicyclic) bond motifs is 2. The van der Waals surface area contributed by atoms with Crippen LogP contribution in [0.1, 0.15) is 19.3 Å². The second kappa shape index (κ2) is 7.21. The lowest BCUT2D eigenvalue weighted by atomic mass is 9.84. The minimum atomic E-state index is -0.524. The molecule has 1 atom stereocenters. The molecule has 1 saturated carbocycles. The van der Waals surface area contributed by atoms with Gasteiger partial charge in [0.1, 0.15) is 11.9 Å². The molecule has 0 amide bonds. The first-order valence-corrected chi connectivity index (χ1v) is 10.6. The molecule has 0 aliphatic heterocycles. The predicted molar refractivity (Wildman–Crippen MR) is 121 cm³/mol. The third-order valence-corrected chi connectivity index (χ3v) is 6.19. The van der Waals surface area contributed by atoms with Crippen LogP contribution in [0.5, 0.6) is 0 Å². The summed E-state index contributed by atoms with van der Waals surface area (Å²) >= 11 is 0. The molecule has 6 rings (SSSR count). The molecule has 154 valence electrons. The van der Waals surface area contributed by atoms with Gasteiger partial charge in [0.05, 0.1) is 34.1 Å². The Hall–Kier alpha value is -3.71. The van der Waals surface area contributed by atoms with Gasteiger partial charge in [0.2, 0.25) is 0 Å². The van der Waals surface area contributed by atoms with Gasteiger partial charge in [-0.05, 0) is 54.8 Å². The van der Waals surface area contributed by atoms with Gasteiger partial charge in [0.15, 0.2) is 0 Å². The highest BCUT2D eigenvalue weighted by Crippen LogP contribution is 2.33. The van der Waals surface area contributed by atoms with E-state index in [1.807, 2.05) is 36.5 Å². The standard InChI is InChI=1S/C24H22N6O/c31-24(14-3-1-4-14)27-17-9-16(12-25-13-17)15-6-7-19-18(10-15)23(30-29-19)22-11-21-20(28-22)5-2-8-26-21/h2,5-14,24,27-28,31H,1,3-4H2,(H,29,30). The lowest BCUT2D eigenvalue weighted by Gasteiger charge is -2.31. The minimum Gasteiger partial charge on any atom is -0.374 e. The number of nitrogens with zero attached hydrogens (tertiary/aromatic N) is 3. The predicted octanol–water partition coefficient (Wildman–Crippen LogP) is 4.70. The molecule has 1 aliphatic rings. The monoisotopic (exact) mass is 410 g/mol. The molecular weight excluding hydrogens is 388 g/mol. The number of hydrogen-bond acceptors (Lipinski definition) is 5. The van der Waals surface area contributed by atoms with Gasteiger partial charge in [0.25, 0.3) is 0 Å². The van der Waals surface area contributed by atoms with Crippen LogP contribution in [0.3, 0.4) is 0 Å². The molecule has 5 aromatic rings. The van der Waals surface area contributed by atoms with Crippen molar-refractivity contribution in [3.05, 3.63) is 61.1 Å². The normalized spacial score (nSPS) is 15.3. The van der Waals surface area contributed by atoms with E-state index in [2.05, 4.69) is 42.6 Å².